The summed E-state index contributed by atoms with van der Waals surface area (Å²) in [7, 11) is 1.67. The molecular weight excluding hydrogens is 377 g/mol. The van der Waals surface area contributed by atoms with Crippen molar-refractivity contribution in [2.24, 2.45) is 13.0 Å². The van der Waals surface area contributed by atoms with Gasteiger partial charge in [0, 0.05) is 31.7 Å². The van der Waals surface area contributed by atoms with Gasteiger partial charge in [0.05, 0.1) is 9.95 Å². The standard InChI is InChI=1S/C17H19ClFN5O3/c1-10-15(24(26)27)17(22(2)21-10)23-7-5-11(6-8-23)16(25)20-12-3-4-14(19)13(18)9-12/h3-4,9,11H,5-8H2,1-2H3,(H,20,25). The van der Waals surface area contributed by atoms with Gasteiger partial charge in [0.25, 0.3) is 0 Å². The van der Waals surface area contributed by atoms with Crippen LogP contribution in [0.2, 0.25) is 5.02 Å². The molecule has 144 valence electrons. The zero-order valence-electron chi connectivity index (χ0n) is 14.9. The number of nitro groups is 1. The van der Waals surface area contributed by atoms with Crippen molar-refractivity contribution in [3.05, 3.63) is 44.8 Å². The Hall–Kier alpha value is -2.68. The quantitative estimate of drug-likeness (QED) is 0.633. The predicted molar refractivity (Wildman–Crippen MR) is 99.6 cm³/mol. The van der Waals surface area contributed by atoms with E-state index in [1.54, 1.807) is 14.0 Å². The minimum absolute atomic E-state index is 0.00126. The van der Waals surface area contributed by atoms with Crippen LogP contribution in [0, 0.1) is 28.8 Å². The molecule has 1 aromatic heterocycles. The normalized spacial score (nSPS) is 15.0. The lowest BCUT2D eigenvalue weighted by atomic mass is 9.95. The summed E-state index contributed by atoms with van der Waals surface area (Å²) in [6, 6.07) is 4.02. The van der Waals surface area contributed by atoms with Crippen LogP contribution in [0.25, 0.3) is 0 Å². The molecule has 2 aromatic rings. The summed E-state index contributed by atoms with van der Waals surface area (Å²) in [6.45, 7) is 2.61. The number of benzene rings is 1. The number of aromatic nitrogens is 2. The molecule has 1 aliphatic rings. The Labute approximate surface area is 160 Å². The van der Waals surface area contributed by atoms with Gasteiger partial charge in [-0.3, -0.25) is 14.9 Å². The maximum atomic E-state index is 13.2. The third kappa shape index (κ3) is 3.87. The van der Waals surface area contributed by atoms with E-state index in [0.29, 0.717) is 43.1 Å². The average molecular weight is 396 g/mol. The summed E-state index contributed by atoms with van der Waals surface area (Å²) in [5, 5.41) is 18.2. The van der Waals surface area contributed by atoms with E-state index in [1.807, 2.05) is 4.90 Å². The SMILES string of the molecule is Cc1nn(C)c(N2CCC(C(=O)Nc3ccc(F)c(Cl)c3)CC2)c1[N+](=O)[O-]. The number of hydrogen-bond acceptors (Lipinski definition) is 5. The fourth-order valence-electron chi connectivity index (χ4n) is 3.37. The molecule has 0 spiro atoms. The summed E-state index contributed by atoms with van der Waals surface area (Å²) in [5.41, 5.74) is 0.804. The minimum atomic E-state index is -0.545. The van der Waals surface area contributed by atoms with Gasteiger partial charge in [0.15, 0.2) is 0 Å². The van der Waals surface area contributed by atoms with Crippen molar-refractivity contribution < 1.29 is 14.1 Å². The highest BCUT2D eigenvalue weighted by molar-refractivity contribution is 6.31. The summed E-state index contributed by atoms with van der Waals surface area (Å²) < 4.78 is 14.7. The lowest BCUT2D eigenvalue weighted by molar-refractivity contribution is -0.384. The average Bonchev–Trinajstić information content (AvgIpc) is 2.92. The number of nitrogens with zero attached hydrogens (tertiary/aromatic N) is 4. The predicted octanol–water partition coefficient (Wildman–Crippen LogP) is 3.28. The molecular formula is C17H19ClFN5O3. The molecule has 1 N–H and O–H groups in total. The molecule has 0 atom stereocenters. The number of anilines is 2. The van der Waals surface area contributed by atoms with Crippen LogP contribution in [0.1, 0.15) is 18.5 Å². The summed E-state index contributed by atoms with van der Waals surface area (Å²) >= 11 is 5.73. The van der Waals surface area contributed by atoms with Gasteiger partial charge in [-0.25, -0.2) is 9.07 Å². The van der Waals surface area contributed by atoms with Crippen LogP contribution >= 0.6 is 11.6 Å². The van der Waals surface area contributed by atoms with E-state index >= 15 is 0 Å². The van der Waals surface area contributed by atoms with Crippen molar-refractivity contribution in [1.82, 2.24) is 9.78 Å². The van der Waals surface area contributed by atoms with Crippen molar-refractivity contribution >= 4 is 34.7 Å². The van der Waals surface area contributed by atoms with Crippen molar-refractivity contribution in [2.45, 2.75) is 19.8 Å². The molecule has 0 saturated carbocycles. The Morgan fingerprint density at radius 1 is 1.41 bits per heavy atom. The van der Waals surface area contributed by atoms with E-state index in [2.05, 4.69) is 10.4 Å². The molecule has 1 aliphatic heterocycles. The smallest absolute Gasteiger partial charge is 0.333 e. The van der Waals surface area contributed by atoms with Gasteiger partial charge >= 0.3 is 5.69 Å². The van der Waals surface area contributed by atoms with E-state index in [-0.39, 0.29) is 22.5 Å². The number of amides is 1. The fraction of sp³-hybridized carbons (Fsp3) is 0.412. The first-order valence-corrected chi connectivity index (χ1v) is 8.84. The second-order valence-corrected chi connectivity index (χ2v) is 6.93. The molecule has 27 heavy (non-hydrogen) atoms. The molecule has 3 rings (SSSR count). The zero-order valence-corrected chi connectivity index (χ0v) is 15.7. The molecule has 1 fully saturated rings. The van der Waals surface area contributed by atoms with E-state index in [0.717, 1.165) is 0 Å². The Balaban J connectivity index is 1.66. The number of halogens is 2. The Morgan fingerprint density at radius 2 is 2.07 bits per heavy atom. The number of hydrogen-bond donors (Lipinski definition) is 1. The van der Waals surface area contributed by atoms with E-state index in [1.165, 1.54) is 22.9 Å². The van der Waals surface area contributed by atoms with Crippen LogP contribution in [0.15, 0.2) is 18.2 Å². The largest absolute Gasteiger partial charge is 0.351 e. The summed E-state index contributed by atoms with van der Waals surface area (Å²) in [6.07, 6.45) is 1.09. The number of rotatable bonds is 4. The van der Waals surface area contributed by atoms with E-state index in [9.17, 15) is 19.3 Å². The van der Waals surface area contributed by atoms with Crippen molar-refractivity contribution in [3.8, 4) is 0 Å². The monoisotopic (exact) mass is 395 g/mol. The van der Waals surface area contributed by atoms with Crippen LogP contribution in [-0.2, 0) is 11.8 Å². The maximum absolute atomic E-state index is 13.2. The van der Waals surface area contributed by atoms with Gasteiger partial charge in [0.1, 0.15) is 11.5 Å². The molecule has 10 heteroatoms. The Bertz CT molecular complexity index is 893. The first kappa shape index (κ1) is 19.1. The Kier molecular flexibility index (Phi) is 5.31. The van der Waals surface area contributed by atoms with Gasteiger partial charge in [0.2, 0.25) is 11.7 Å². The minimum Gasteiger partial charge on any atom is -0.351 e. The van der Waals surface area contributed by atoms with Crippen LogP contribution in [0.5, 0.6) is 0 Å². The lowest BCUT2D eigenvalue weighted by Crippen LogP contribution is -2.39. The van der Waals surface area contributed by atoms with Gasteiger partial charge < -0.3 is 10.2 Å². The second-order valence-electron chi connectivity index (χ2n) is 6.52. The van der Waals surface area contributed by atoms with Crippen molar-refractivity contribution in [3.63, 3.8) is 0 Å². The summed E-state index contributed by atoms with van der Waals surface area (Å²) in [5.74, 6) is -0.496. The van der Waals surface area contributed by atoms with Gasteiger partial charge in [-0.1, -0.05) is 11.6 Å². The van der Waals surface area contributed by atoms with Gasteiger partial charge in [-0.05, 0) is 38.0 Å². The van der Waals surface area contributed by atoms with E-state index in [4.69, 9.17) is 11.6 Å². The number of nitrogens with one attached hydrogen (secondary N) is 1. The van der Waals surface area contributed by atoms with Crippen molar-refractivity contribution in [2.75, 3.05) is 23.3 Å². The van der Waals surface area contributed by atoms with Gasteiger partial charge in [-0.15, -0.1) is 0 Å². The zero-order chi connectivity index (χ0) is 19.7. The molecule has 1 aromatic carbocycles. The van der Waals surface area contributed by atoms with Crippen molar-refractivity contribution in [1.29, 1.82) is 0 Å². The highest BCUT2D eigenvalue weighted by atomic mass is 35.5. The second kappa shape index (κ2) is 7.51. The molecule has 1 saturated heterocycles. The Morgan fingerprint density at radius 3 is 2.67 bits per heavy atom. The molecule has 8 nitrogen and oxygen atoms in total. The lowest BCUT2D eigenvalue weighted by Gasteiger charge is -2.32. The molecule has 0 radical (unpaired) electrons. The topological polar surface area (TPSA) is 93.3 Å². The molecule has 0 aliphatic carbocycles. The van der Waals surface area contributed by atoms with E-state index < -0.39 is 10.7 Å². The number of piperidine rings is 1. The molecule has 2 heterocycles. The maximum Gasteiger partial charge on any atom is 0.333 e. The first-order chi connectivity index (χ1) is 12.8. The molecule has 0 bridgehead atoms. The highest BCUT2D eigenvalue weighted by Gasteiger charge is 2.32. The van der Waals surface area contributed by atoms with Crippen LogP contribution < -0.4 is 10.2 Å². The summed E-state index contributed by atoms with van der Waals surface area (Å²) in [4.78, 5) is 25.3. The third-order valence-electron chi connectivity index (χ3n) is 4.70. The van der Waals surface area contributed by atoms with Crippen LogP contribution in [0.4, 0.5) is 21.6 Å². The van der Waals surface area contributed by atoms with Crippen LogP contribution in [-0.4, -0.2) is 33.7 Å². The highest BCUT2D eigenvalue weighted by Crippen LogP contribution is 2.33. The number of carbonyl (C=O) groups is 1. The molecule has 0 unspecified atom stereocenters. The number of aryl methyl sites for hydroxylation is 2. The van der Waals surface area contributed by atoms with Gasteiger partial charge in [-0.2, -0.15) is 5.10 Å². The van der Waals surface area contributed by atoms with Crippen LogP contribution in [0.3, 0.4) is 0 Å². The first-order valence-electron chi connectivity index (χ1n) is 8.46. The number of carbonyl (C=O) groups excluding carboxylic acids is 1. The fourth-order valence-corrected chi connectivity index (χ4v) is 3.56. The third-order valence-corrected chi connectivity index (χ3v) is 4.99. The molecule has 1 amide bonds.